The van der Waals surface area contributed by atoms with Gasteiger partial charge in [0.1, 0.15) is 0 Å². The van der Waals surface area contributed by atoms with E-state index in [4.69, 9.17) is 4.74 Å². The summed E-state index contributed by atoms with van der Waals surface area (Å²) in [4.78, 5) is 28.5. The van der Waals surface area contributed by atoms with Crippen LogP contribution in [0.3, 0.4) is 0 Å². The first-order chi connectivity index (χ1) is 21.7. The lowest BCUT2D eigenvalue weighted by Gasteiger charge is -2.28. The van der Waals surface area contributed by atoms with Crippen molar-refractivity contribution in [3.63, 3.8) is 0 Å². The lowest BCUT2D eigenvalue weighted by molar-refractivity contribution is 0.101. The smallest absolute Gasteiger partial charge is 0.255 e. The maximum Gasteiger partial charge on any atom is 0.255 e. The van der Waals surface area contributed by atoms with Gasteiger partial charge in [0.25, 0.3) is 11.8 Å². The average molecular weight is 627 g/mol. The summed E-state index contributed by atoms with van der Waals surface area (Å²) in [7, 11) is -3.66. The van der Waals surface area contributed by atoms with Crippen LogP contribution in [0.1, 0.15) is 46.0 Å². The van der Waals surface area contributed by atoms with E-state index in [0.29, 0.717) is 42.3 Å². The van der Waals surface area contributed by atoms with E-state index in [1.807, 2.05) is 62.4 Å². The fourth-order valence-corrected chi connectivity index (χ4v) is 6.19. The molecule has 3 N–H and O–H groups in total. The average Bonchev–Trinajstić information content (AvgIpc) is 3.06. The van der Waals surface area contributed by atoms with Gasteiger partial charge >= 0.3 is 0 Å². The van der Waals surface area contributed by atoms with E-state index in [2.05, 4.69) is 20.3 Å². The Morgan fingerprint density at radius 3 is 2.18 bits per heavy atom. The number of sulfonamides is 1. The van der Waals surface area contributed by atoms with Gasteiger partial charge in [-0.1, -0.05) is 37.6 Å². The molecule has 0 spiro atoms. The normalized spacial score (nSPS) is 13.3. The van der Waals surface area contributed by atoms with E-state index in [9.17, 15) is 18.0 Å². The van der Waals surface area contributed by atoms with Crippen molar-refractivity contribution in [1.82, 2.24) is 4.72 Å². The van der Waals surface area contributed by atoms with Crippen LogP contribution in [-0.4, -0.2) is 53.1 Å². The summed E-state index contributed by atoms with van der Waals surface area (Å²) in [6.07, 6.45) is 1.62. The van der Waals surface area contributed by atoms with Crippen LogP contribution in [0.4, 0.5) is 17.1 Å². The number of unbranched alkanes of at least 4 members (excludes halogenated alkanes) is 1. The Labute approximate surface area is 264 Å². The molecule has 0 aliphatic carbocycles. The van der Waals surface area contributed by atoms with Crippen LogP contribution >= 0.6 is 0 Å². The summed E-state index contributed by atoms with van der Waals surface area (Å²) in [6, 6.07) is 26.6. The summed E-state index contributed by atoms with van der Waals surface area (Å²) in [5, 5.41) is 5.77. The fourth-order valence-electron chi connectivity index (χ4n) is 5.07. The van der Waals surface area contributed by atoms with Gasteiger partial charge in [0.15, 0.2) is 0 Å². The number of carbonyl (C=O) groups excluding carboxylic acids is 2. The van der Waals surface area contributed by atoms with Gasteiger partial charge in [-0.2, -0.15) is 0 Å². The van der Waals surface area contributed by atoms with Gasteiger partial charge < -0.3 is 20.3 Å². The second-order valence-corrected chi connectivity index (χ2v) is 12.7. The minimum absolute atomic E-state index is 0.0937. The van der Waals surface area contributed by atoms with Crippen LogP contribution < -0.4 is 20.3 Å². The number of nitrogens with one attached hydrogen (secondary N) is 3. The van der Waals surface area contributed by atoms with Crippen molar-refractivity contribution in [2.75, 3.05) is 48.4 Å². The molecule has 234 valence electrons. The quantitative estimate of drug-likeness (QED) is 0.174. The Balaban J connectivity index is 1.24. The molecule has 0 aromatic heterocycles. The van der Waals surface area contributed by atoms with Gasteiger partial charge in [0.05, 0.1) is 18.1 Å². The first kappa shape index (κ1) is 31.9. The lowest BCUT2D eigenvalue weighted by Crippen LogP contribution is -2.36. The standard InChI is InChI=1S/C35H38N4O5S/c1-3-4-18-36-45(42,43)32-7-5-6-30(24-32)38-34(40)27-12-10-26(11-13-27)33-23-28(9-8-25(33)2)35(41)37-29-14-16-31(17-15-29)39-19-21-44-22-20-39/h5-17,23-24,36H,3-4,18-22H2,1-2H3,(H,37,41)(H,38,40). The molecule has 4 aromatic rings. The number of amides is 2. The molecular weight excluding hydrogens is 588 g/mol. The number of ether oxygens (including phenoxy) is 1. The van der Waals surface area contributed by atoms with E-state index in [1.54, 1.807) is 30.3 Å². The van der Waals surface area contributed by atoms with Crippen molar-refractivity contribution in [2.24, 2.45) is 0 Å². The molecule has 1 heterocycles. The van der Waals surface area contributed by atoms with Crippen molar-refractivity contribution >= 4 is 38.9 Å². The van der Waals surface area contributed by atoms with Gasteiger partial charge in [0, 0.05) is 47.8 Å². The molecular formula is C35H38N4O5S. The first-order valence-corrected chi connectivity index (χ1v) is 16.6. The zero-order valence-corrected chi connectivity index (χ0v) is 26.3. The Morgan fingerprint density at radius 2 is 1.47 bits per heavy atom. The summed E-state index contributed by atoms with van der Waals surface area (Å²) in [6.45, 7) is 7.44. The number of hydrogen-bond acceptors (Lipinski definition) is 6. The molecule has 2 amide bonds. The highest BCUT2D eigenvalue weighted by atomic mass is 32.2. The van der Waals surface area contributed by atoms with Gasteiger partial charge in [-0.15, -0.1) is 0 Å². The number of morpholine rings is 1. The van der Waals surface area contributed by atoms with Crippen LogP contribution in [0, 0.1) is 6.92 Å². The Hall–Kier alpha value is -4.51. The second kappa shape index (κ2) is 14.5. The van der Waals surface area contributed by atoms with Gasteiger partial charge in [-0.3, -0.25) is 9.59 Å². The predicted molar refractivity (Wildman–Crippen MR) is 179 cm³/mol. The van der Waals surface area contributed by atoms with E-state index in [0.717, 1.165) is 48.3 Å². The van der Waals surface area contributed by atoms with Crippen molar-refractivity contribution in [1.29, 1.82) is 0 Å². The molecule has 0 saturated carbocycles. The van der Waals surface area contributed by atoms with Crippen LogP contribution in [0.25, 0.3) is 11.1 Å². The lowest BCUT2D eigenvalue weighted by atomic mass is 9.97. The highest BCUT2D eigenvalue weighted by Gasteiger charge is 2.16. The number of carbonyl (C=O) groups is 2. The minimum atomic E-state index is -3.66. The Bertz CT molecular complexity index is 1750. The summed E-state index contributed by atoms with van der Waals surface area (Å²) in [5.74, 6) is -0.573. The number of anilines is 3. The fraction of sp³-hybridized carbons (Fsp3) is 0.257. The number of rotatable bonds is 11. The molecule has 0 bridgehead atoms. The molecule has 9 nitrogen and oxygen atoms in total. The van der Waals surface area contributed by atoms with Gasteiger partial charge in [-0.05, 0) is 96.8 Å². The molecule has 5 rings (SSSR count). The molecule has 0 unspecified atom stereocenters. The summed E-state index contributed by atoms with van der Waals surface area (Å²) < 4.78 is 33.2. The van der Waals surface area contributed by atoms with Crippen molar-refractivity contribution in [2.45, 2.75) is 31.6 Å². The molecule has 10 heteroatoms. The monoisotopic (exact) mass is 626 g/mol. The number of aryl methyl sites for hydroxylation is 1. The van der Waals surface area contributed by atoms with E-state index >= 15 is 0 Å². The zero-order chi connectivity index (χ0) is 31.8. The number of benzene rings is 4. The van der Waals surface area contributed by atoms with Crippen LogP contribution in [0.15, 0.2) is 95.9 Å². The number of nitrogens with zero attached hydrogens (tertiary/aromatic N) is 1. The Kier molecular flexibility index (Phi) is 10.3. The predicted octanol–water partition coefficient (Wildman–Crippen LogP) is 6.08. The van der Waals surface area contributed by atoms with E-state index in [1.165, 1.54) is 12.1 Å². The second-order valence-electron chi connectivity index (χ2n) is 10.9. The van der Waals surface area contributed by atoms with Gasteiger partial charge in [0.2, 0.25) is 10.0 Å². The van der Waals surface area contributed by atoms with Crippen molar-refractivity contribution in [3.8, 4) is 11.1 Å². The maximum absolute atomic E-state index is 13.1. The molecule has 1 fully saturated rings. The van der Waals surface area contributed by atoms with Crippen molar-refractivity contribution in [3.05, 3.63) is 108 Å². The highest BCUT2D eigenvalue weighted by Crippen LogP contribution is 2.27. The van der Waals surface area contributed by atoms with Gasteiger partial charge in [-0.25, -0.2) is 13.1 Å². The zero-order valence-electron chi connectivity index (χ0n) is 25.5. The summed E-state index contributed by atoms with van der Waals surface area (Å²) in [5.41, 5.74) is 5.87. The van der Waals surface area contributed by atoms with Crippen LogP contribution in [0.5, 0.6) is 0 Å². The van der Waals surface area contributed by atoms with Crippen LogP contribution in [-0.2, 0) is 14.8 Å². The molecule has 45 heavy (non-hydrogen) atoms. The van der Waals surface area contributed by atoms with Crippen molar-refractivity contribution < 1.29 is 22.7 Å². The summed E-state index contributed by atoms with van der Waals surface area (Å²) >= 11 is 0. The molecule has 0 atom stereocenters. The maximum atomic E-state index is 13.1. The first-order valence-electron chi connectivity index (χ1n) is 15.1. The van der Waals surface area contributed by atoms with E-state index < -0.39 is 10.0 Å². The third-order valence-electron chi connectivity index (χ3n) is 7.68. The third kappa shape index (κ3) is 8.16. The number of hydrogen-bond donors (Lipinski definition) is 3. The Morgan fingerprint density at radius 1 is 0.800 bits per heavy atom. The minimum Gasteiger partial charge on any atom is -0.378 e. The molecule has 1 saturated heterocycles. The molecule has 1 aliphatic rings. The largest absolute Gasteiger partial charge is 0.378 e. The SMILES string of the molecule is CCCCNS(=O)(=O)c1cccc(NC(=O)c2ccc(-c3cc(C(=O)Nc4ccc(N5CCOCC5)cc4)ccc3C)cc2)c1. The topological polar surface area (TPSA) is 117 Å². The van der Waals surface area contributed by atoms with E-state index in [-0.39, 0.29) is 16.7 Å². The molecule has 1 aliphatic heterocycles. The molecule has 0 radical (unpaired) electrons. The third-order valence-corrected chi connectivity index (χ3v) is 9.14. The molecule has 4 aromatic carbocycles. The van der Waals surface area contributed by atoms with Crippen LogP contribution in [0.2, 0.25) is 0 Å². The highest BCUT2D eigenvalue weighted by molar-refractivity contribution is 7.89.